The third-order valence-corrected chi connectivity index (χ3v) is 3.52. The van der Waals surface area contributed by atoms with Crippen molar-refractivity contribution < 1.29 is 18.3 Å². The number of carbonyl (C=O) groups is 1. The van der Waals surface area contributed by atoms with Crippen LogP contribution in [-0.2, 0) is 4.79 Å². The van der Waals surface area contributed by atoms with Gasteiger partial charge in [-0.15, -0.1) is 0 Å². The van der Waals surface area contributed by atoms with Gasteiger partial charge in [-0.3, -0.25) is 4.79 Å². The van der Waals surface area contributed by atoms with Crippen molar-refractivity contribution in [1.29, 1.82) is 0 Å². The summed E-state index contributed by atoms with van der Waals surface area (Å²) >= 11 is 0. The monoisotopic (exact) mass is 346 g/mol. The summed E-state index contributed by atoms with van der Waals surface area (Å²) in [5, 5.41) is 3.62. The van der Waals surface area contributed by atoms with E-state index in [1.807, 2.05) is 39.0 Å². The van der Waals surface area contributed by atoms with E-state index < -0.39 is 17.5 Å². The predicted octanol–water partition coefficient (Wildman–Crippen LogP) is 3.93. The number of carbonyl (C=O) groups excluding carboxylic acids is 1. The van der Waals surface area contributed by atoms with Gasteiger partial charge in [-0.25, -0.2) is 14.2 Å². The molecule has 0 bridgehead atoms. The molecule has 2 aromatic rings. The third-order valence-electron chi connectivity index (χ3n) is 3.52. The van der Waals surface area contributed by atoms with Crippen LogP contribution in [0.1, 0.15) is 36.5 Å². The first kappa shape index (κ1) is 18.6. The highest BCUT2D eigenvalue weighted by molar-refractivity contribution is 5.83. The standard InChI is InChI=1S/C19H20F2N2O2/c1-12(2)15-8-7-13(3)9-17(15)25-11-18(24)23-22-10-14-5-4-6-16(20)19(14)21/h4-10,12H,11H2,1-3H3,(H,23,24). The van der Waals surface area contributed by atoms with Crippen LogP contribution in [0.25, 0.3) is 0 Å². The average Bonchev–Trinajstić information content (AvgIpc) is 2.56. The van der Waals surface area contributed by atoms with Gasteiger partial charge >= 0.3 is 0 Å². The second-order valence-electron chi connectivity index (χ2n) is 5.92. The molecule has 0 aliphatic carbocycles. The minimum atomic E-state index is -1.02. The molecule has 0 unspecified atom stereocenters. The maximum atomic E-state index is 13.4. The fraction of sp³-hybridized carbons (Fsp3) is 0.263. The number of nitrogens with zero attached hydrogens (tertiary/aromatic N) is 1. The van der Waals surface area contributed by atoms with E-state index >= 15 is 0 Å². The molecule has 0 radical (unpaired) electrons. The molecule has 25 heavy (non-hydrogen) atoms. The first-order valence-corrected chi connectivity index (χ1v) is 7.87. The van der Waals surface area contributed by atoms with Gasteiger partial charge in [-0.2, -0.15) is 5.10 Å². The number of aryl methyl sites for hydroxylation is 1. The van der Waals surface area contributed by atoms with Gasteiger partial charge in [0.25, 0.3) is 5.91 Å². The third kappa shape index (κ3) is 5.11. The van der Waals surface area contributed by atoms with E-state index in [1.165, 1.54) is 12.1 Å². The van der Waals surface area contributed by atoms with Gasteiger partial charge in [0.2, 0.25) is 0 Å². The zero-order chi connectivity index (χ0) is 18.4. The number of ether oxygens (including phenoxy) is 1. The zero-order valence-corrected chi connectivity index (χ0v) is 14.3. The molecule has 0 aliphatic rings. The van der Waals surface area contributed by atoms with Crippen LogP contribution < -0.4 is 10.2 Å². The minimum absolute atomic E-state index is 0.0537. The molecule has 0 heterocycles. The molecule has 0 atom stereocenters. The number of halogens is 2. The highest BCUT2D eigenvalue weighted by Crippen LogP contribution is 2.27. The molecule has 2 rings (SSSR count). The van der Waals surface area contributed by atoms with Crippen LogP contribution >= 0.6 is 0 Å². The van der Waals surface area contributed by atoms with E-state index in [0.29, 0.717) is 5.75 Å². The Bertz CT molecular complexity index is 789. The van der Waals surface area contributed by atoms with Crippen molar-refractivity contribution in [3.8, 4) is 5.75 Å². The van der Waals surface area contributed by atoms with Crippen molar-refractivity contribution in [3.05, 3.63) is 64.7 Å². The van der Waals surface area contributed by atoms with Gasteiger partial charge in [0.1, 0.15) is 5.75 Å². The largest absolute Gasteiger partial charge is 0.483 e. The van der Waals surface area contributed by atoms with Crippen LogP contribution in [0.5, 0.6) is 5.75 Å². The Balaban J connectivity index is 1.94. The van der Waals surface area contributed by atoms with Crippen LogP contribution in [0.2, 0.25) is 0 Å². The zero-order valence-electron chi connectivity index (χ0n) is 14.3. The van der Waals surface area contributed by atoms with E-state index in [0.717, 1.165) is 23.4 Å². The van der Waals surface area contributed by atoms with Crippen molar-refractivity contribution in [1.82, 2.24) is 5.43 Å². The van der Waals surface area contributed by atoms with Crippen LogP contribution in [0.4, 0.5) is 8.78 Å². The smallest absolute Gasteiger partial charge is 0.277 e. The van der Waals surface area contributed by atoms with Crippen molar-refractivity contribution >= 4 is 12.1 Å². The van der Waals surface area contributed by atoms with Crippen LogP contribution in [-0.4, -0.2) is 18.7 Å². The highest BCUT2D eigenvalue weighted by Gasteiger charge is 2.10. The minimum Gasteiger partial charge on any atom is -0.483 e. The summed E-state index contributed by atoms with van der Waals surface area (Å²) in [7, 11) is 0. The van der Waals surface area contributed by atoms with Crippen molar-refractivity contribution in [3.63, 3.8) is 0 Å². The van der Waals surface area contributed by atoms with Crippen LogP contribution in [0.15, 0.2) is 41.5 Å². The molecular weight excluding hydrogens is 326 g/mol. The number of rotatable bonds is 6. The van der Waals surface area contributed by atoms with E-state index in [1.54, 1.807) is 0 Å². The van der Waals surface area contributed by atoms with E-state index in [9.17, 15) is 13.6 Å². The van der Waals surface area contributed by atoms with E-state index in [-0.39, 0.29) is 18.1 Å². The van der Waals surface area contributed by atoms with E-state index in [2.05, 4.69) is 10.5 Å². The lowest BCUT2D eigenvalue weighted by Crippen LogP contribution is -2.25. The summed E-state index contributed by atoms with van der Waals surface area (Å²) in [6.07, 6.45) is 1.04. The maximum Gasteiger partial charge on any atom is 0.277 e. The lowest BCUT2D eigenvalue weighted by Gasteiger charge is -2.14. The van der Waals surface area contributed by atoms with Gasteiger partial charge in [0.15, 0.2) is 18.2 Å². The number of hydrazone groups is 1. The van der Waals surface area contributed by atoms with Gasteiger partial charge in [0.05, 0.1) is 6.21 Å². The first-order valence-electron chi connectivity index (χ1n) is 7.87. The average molecular weight is 346 g/mol. The maximum absolute atomic E-state index is 13.4. The quantitative estimate of drug-likeness (QED) is 0.636. The van der Waals surface area contributed by atoms with Gasteiger partial charge < -0.3 is 4.74 Å². The summed E-state index contributed by atoms with van der Waals surface area (Å²) in [4.78, 5) is 11.8. The molecule has 1 N–H and O–H groups in total. The van der Waals surface area contributed by atoms with Crippen molar-refractivity contribution in [2.45, 2.75) is 26.7 Å². The molecule has 0 saturated heterocycles. The predicted molar refractivity (Wildman–Crippen MR) is 92.9 cm³/mol. The number of benzene rings is 2. The fourth-order valence-electron chi connectivity index (χ4n) is 2.21. The summed E-state index contributed by atoms with van der Waals surface area (Å²) < 4.78 is 32.1. The highest BCUT2D eigenvalue weighted by atomic mass is 19.2. The molecule has 0 saturated carbocycles. The Morgan fingerprint density at radius 2 is 2.04 bits per heavy atom. The Labute approximate surface area is 145 Å². The lowest BCUT2D eigenvalue weighted by molar-refractivity contribution is -0.123. The summed E-state index contributed by atoms with van der Waals surface area (Å²) in [6.45, 7) is 5.78. The number of hydrogen-bond acceptors (Lipinski definition) is 3. The van der Waals surface area contributed by atoms with Crippen LogP contribution in [0.3, 0.4) is 0 Å². The molecule has 4 nitrogen and oxygen atoms in total. The van der Waals surface area contributed by atoms with Crippen LogP contribution in [0, 0.1) is 18.6 Å². The normalized spacial score (nSPS) is 11.1. The van der Waals surface area contributed by atoms with Gasteiger partial charge in [-0.1, -0.05) is 38.1 Å². The molecule has 0 fully saturated rings. The molecular formula is C19H20F2N2O2. The van der Waals surface area contributed by atoms with Gasteiger partial charge in [-0.05, 0) is 36.1 Å². The van der Waals surface area contributed by atoms with Crippen molar-refractivity contribution in [2.24, 2.45) is 5.10 Å². The number of hydrogen-bond donors (Lipinski definition) is 1. The Morgan fingerprint density at radius 1 is 1.28 bits per heavy atom. The topological polar surface area (TPSA) is 50.7 Å². The summed E-state index contributed by atoms with van der Waals surface area (Å²) in [5.41, 5.74) is 4.20. The number of amides is 1. The first-order chi connectivity index (χ1) is 11.9. The molecule has 2 aromatic carbocycles. The Morgan fingerprint density at radius 3 is 2.76 bits per heavy atom. The Hall–Kier alpha value is -2.76. The molecule has 0 aliphatic heterocycles. The molecule has 1 amide bonds. The summed E-state index contributed by atoms with van der Waals surface area (Å²) in [5.74, 6) is -1.58. The second-order valence-corrected chi connectivity index (χ2v) is 5.92. The molecule has 0 aromatic heterocycles. The summed E-state index contributed by atoms with van der Waals surface area (Å²) in [6, 6.07) is 9.54. The number of nitrogens with one attached hydrogen (secondary N) is 1. The van der Waals surface area contributed by atoms with Gasteiger partial charge in [0, 0.05) is 5.56 Å². The SMILES string of the molecule is Cc1ccc(C(C)C)c(OCC(=O)NN=Cc2cccc(F)c2F)c1. The lowest BCUT2D eigenvalue weighted by atomic mass is 10.0. The molecule has 0 spiro atoms. The molecule has 6 heteroatoms. The van der Waals surface area contributed by atoms with Crippen molar-refractivity contribution in [2.75, 3.05) is 6.61 Å². The fourth-order valence-corrected chi connectivity index (χ4v) is 2.21. The van der Waals surface area contributed by atoms with E-state index in [4.69, 9.17) is 4.74 Å². The Kier molecular flexibility index (Phi) is 6.22. The molecule has 132 valence electrons. The second kappa shape index (κ2) is 8.37.